The molecular weight excluding hydrogens is 439 g/mol. The Bertz CT molecular complexity index is 1030. The van der Waals surface area contributed by atoms with Crippen LogP contribution in [0.2, 0.25) is 5.02 Å². The van der Waals surface area contributed by atoms with Crippen LogP contribution in [0.3, 0.4) is 0 Å². The lowest BCUT2D eigenvalue weighted by Crippen LogP contribution is -2.35. The molecule has 0 radical (unpaired) electrons. The van der Waals surface area contributed by atoms with Gasteiger partial charge >= 0.3 is 6.36 Å². The average molecular weight is 454 g/mol. The number of hydrogen-bond donors (Lipinski definition) is 3. The molecule has 2 aromatic carbocycles. The molecule has 3 rings (SSSR count). The third-order valence-electron chi connectivity index (χ3n) is 3.86. The SMILES string of the molecule is O=C(C[C@H]1N=C(N/N=C\c2ccccc2Cl)NC1=O)Nc1ccc(OC(F)(F)F)cc1. The standard InChI is InChI=1S/C19H15ClF3N5O3/c20-14-4-2-1-3-11(14)10-24-28-18-26-15(17(30)27-18)9-16(29)25-12-5-7-13(8-6-12)31-19(21,22)23/h1-8,10,15H,9H2,(H,25,29)(H2,26,27,28,30)/b24-10-/t15-/m1/s1. The van der Waals surface area contributed by atoms with Crippen LogP contribution in [0, 0.1) is 0 Å². The number of nitrogens with one attached hydrogen (secondary N) is 3. The Balaban J connectivity index is 1.52. The van der Waals surface area contributed by atoms with Crippen LogP contribution in [0.4, 0.5) is 18.9 Å². The Hall–Kier alpha value is -3.60. The predicted octanol–water partition coefficient (Wildman–Crippen LogP) is 3.05. The van der Waals surface area contributed by atoms with Crippen LogP contribution in [0.5, 0.6) is 5.75 Å². The third-order valence-corrected chi connectivity index (χ3v) is 4.20. The van der Waals surface area contributed by atoms with E-state index in [4.69, 9.17) is 11.6 Å². The topological polar surface area (TPSA) is 104 Å². The summed E-state index contributed by atoms with van der Waals surface area (Å²) >= 11 is 6.01. The molecule has 0 fully saturated rings. The molecule has 0 spiro atoms. The lowest BCUT2D eigenvalue weighted by molar-refractivity contribution is -0.274. The molecule has 162 valence electrons. The molecule has 0 bridgehead atoms. The fraction of sp³-hybridized carbons (Fsp3) is 0.158. The van der Waals surface area contributed by atoms with Gasteiger partial charge in [-0.25, -0.2) is 10.4 Å². The molecule has 0 saturated heterocycles. The van der Waals surface area contributed by atoms with Gasteiger partial charge in [0.2, 0.25) is 11.9 Å². The molecule has 1 aliphatic heterocycles. The van der Waals surface area contributed by atoms with Gasteiger partial charge in [-0.15, -0.1) is 13.2 Å². The van der Waals surface area contributed by atoms with Crippen LogP contribution in [-0.4, -0.2) is 36.4 Å². The van der Waals surface area contributed by atoms with Gasteiger partial charge < -0.3 is 10.1 Å². The average Bonchev–Trinajstić information content (AvgIpc) is 3.03. The maximum absolute atomic E-state index is 12.2. The van der Waals surface area contributed by atoms with Gasteiger partial charge in [0.15, 0.2) is 0 Å². The van der Waals surface area contributed by atoms with E-state index >= 15 is 0 Å². The van der Waals surface area contributed by atoms with E-state index in [1.807, 2.05) is 0 Å². The fourth-order valence-corrected chi connectivity index (χ4v) is 2.70. The van der Waals surface area contributed by atoms with Crippen LogP contribution in [-0.2, 0) is 9.59 Å². The summed E-state index contributed by atoms with van der Waals surface area (Å²) < 4.78 is 40.3. The van der Waals surface area contributed by atoms with Crippen molar-refractivity contribution in [2.45, 2.75) is 18.8 Å². The van der Waals surface area contributed by atoms with Crippen LogP contribution in [0.1, 0.15) is 12.0 Å². The number of hydrogen-bond acceptors (Lipinski definition) is 6. The summed E-state index contributed by atoms with van der Waals surface area (Å²) in [6.07, 6.45) is -3.63. The summed E-state index contributed by atoms with van der Waals surface area (Å²) in [7, 11) is 0. The minimum absolute atomic E-state index is 0.0692. The molecule has 8 nitrogen and oxygen atoms in total. The van der Waals surface area contributed by atoms with E-state index in [1.54, 1.807) is 24.3 Å². The van der Waals surface area contributed by atoms with E-state index in [0.29, 0.717) is 10.6 Å². The number of carbonyl (C=O) groups excluding carboxylic acids is 2. The number of ether oxygens (including phenoxy) is 1. The number of aliphatic imine (C=N–C) groups is 1. The van der Waals surface area contributed by atoms with Gasteiger partial charge in [-0.1, -0.05) is 29.8 Å². The number of guanidine groups is 1. The van der Waals surface area contributed by atoms with Crippen molar-refractivity contribution >= 4 is 41.3 Å². The van der Waals surface area contributed by atoms with Crippen molar-refractivity contribution in [3.63, 3.8) is 0 Å². The highest BCUT2D eigenvalue weighted by molar-refractivity contribution is 6.33. The van der Waals surface area contributed by atoms with E-state index in [2.05, 4.69) is 30.9 Å². The zero-order valence-electron chi connectivity index (χ0n) is 15.6. The number of amides is 2. The molecule has 0 aliphatic carbocycles. The third kappa shape index (κ3) is 6.71. The smallest absolute Gasteiger partial charge is 0.406 e. The van der Waals surface area contributed by atoms with Crippen LogP contribution in [0.15, 0.2) is 58.6 Å². The highest BCUT2D eigenvalue weighted by atomic mass is 35.5. The Labute approximate surface area is 179 Å². The minimum atomic E-state index is -4.80. The first-order valence-corrected chi connectivity index (χ1v) is 9.15. The zero-order valence-corrected chi connectivity index (χ0v) is 16.4. The summed E-state index contributed by atoms with van der Waals surface area (Å²) in [5, 5.41) is 9.36. The number of benzene rings is 2. The number of rotatable bonds is 6. The highest BCUT2D eigenvalue weighted by Crippen LogP contribution is 2.24. The Morgan fingerprint density at radius 2 is 1.94 bits per heavy atom. The summed E-state index contributed by atoms with van der Waals surface area (Å²) in [6, 6.07) is 10.6. The van der Waals surface area contributed by atoms with Gasteiger partial charge in [0.25, 0.3) is 5.91 Å². The second-order valence-electron chi connectivity index (χ2n) is 6.20. The first-order chi connectivity index (χ1) is 14.7. The van der Waals surface area contributed by atoms with E-state index in [9.17, 15) is 22.8 Å². The van der Waals surface area contributed by atoms with Crippen molar-refractivity contribution in [1.82, 2.24) is 10.7 Å². The Morgan fingerprint density at radius 1 is 1.23 bits per heavy atom. The summed E-state index contributed by atoms with van der Waals surface area (Å²) in [4.78, 5) is 28.2. The van der Waals surface area contributed by atoms with E-state index < -0.39 is 30.0 Å². The van der Waals surface area contributed by atoms with Gasteiger partial charge in [-0.3, -0.25) is 14.9 Å². The number of halogens is 4. The summed E-state index contributed by atoms with van der Waals surface area (Å²) in [6.45, 7) is 0. The van der Waals surface area contributed by atoms with Gasteiger partial charge in [0.1, 0.15) is 11.8 Å². The van der Waals surface area contributed by atoms with Crippen molar-refractivity contribution in [2.24, 2.45) is 10.1 Å². The molecule has 0 saturated carbocycles. The van der Waals surface area contributed by atoms with Crippen LogP contribution < -0.4 is 20.8 Å². The van der Waals surface area contributed by atoms with Crippen LogP contribution in [0.25, 0.3) is 0 Å². The molecule has 3 N–H and O–H groups in total. The number of carbonyl (C=O) groups is 2. The van der Waals surface area contributed by atoms with Gasteiger partial charge in [0, 0.05) is 16.3 Å². The first kappa shape index (κ1) is 22.1. The maximum atomic E-state index is 12.2. The molecule has 0 unspecified atom stereocenters. The van der Waals surface area contributed by atoms with Crippen molar-refractivity contribution in [3.05, 3.63) is 59.1 Å². The molecule has 0 aromatic heterocycles. The van der Waals surface area contributed by atoms with E-state index in [0.717, 1.165) is 12.1 Å². The number of alkyl halides is 3. The molecule has 2 amide bonds. The van der Waals surface area contributed by atoms with Crippen molar-refractivity contribution in [2.75, 3.05) is 5.32 Å². The van der Waals surface area contributed by atoms with Crippen molar-refractivity contribution in [1.29, 1.82) is 0 Å². The van der Waals surface area contributed by atoms with E-state index in [1.165, 1.54) is 18.3 Å². The molecular formula is C19H15ClF3N5O3. The van der Waals surface area contributed by atoms with Crippen LogP contribution >= 0.6 is 11.6 Å². The van der Waals surface area contributed by atoms with Crippen molar-refractivity contribution in [3.8, 4) is 5.75 Å². The lowest BCUT2D eigenvalue weighted by Gasteiger charge is -2.10. The van der Waals surface area contributed by atoms with Gasteiger partial charge in [-0.2, -0.15) is 5.10 Å². The molecule has 12 heteroatoms. The molecule has 2 aromatic rings. The molecule has 1 atom stereocenters. The normalized spacial score (nSPS) is 16.1. The largest absolute Gasteiger partial charge is 0.573 e. The van der Waals surface area contributed by atoms with Gasteiger partial charge in [-0.05, 0) is 30.3 Å². The van der Waals surface area contributed by atoms with Crippen molar-refractivity contribution < 1.29 is 27.5 Å². The summed E-state index contributed by atoms with van der Waals surface area (Å²) in [5.41, 5.74) is 3.45. The lowest BCUT2D eigenvalue weighted by atomic mass is 10.2. The molecule has 31 heavy (non-hydrogen) atoms. The number of nitrogens with zero attached hydrogens (tertiary/aromatic N) is 2. The second kappa shape index (κ2) is 9.47. The minimum Gasteiger partial charge on any atom is -0.406 e. The quantitative estimate of drug-likeness (QED) is 0.462. The predicted molar refractivity (Wildman–Crippen MR) is 108 cm³/mol. The second-order valence-corrected chi connectivity index (χ2v) is 6.61. The number of hydrazone groups is 1. The Morgan fingerprint density at radius 3 is 2.61 bits per heavy atom. The monoisotopic (exact) mass is 453 g/mol. The van der Waals surface area contributed by atoms with E-state index in [-0.39, 0.29) is 18.1 Å². The zero-order chi connectivity index (χ0) is 22.4. The molecule has 1 aliphatic rings. The molecule has 1 heterocycles. The fourth-order valence-electron chi connectivity index (χ4n) is 2.51. The number of anilines is 1. The maximum Gasteiger partial charge on any atom is 0.573 e. The summed E-state index contributed by atoms with van der Waals surface area (Å²) in [5.74, 6) is -1.40. The van der Waals surface area contributed by atoms with Gasteiger partial charge in [0.05, 0.1) is 12.6 Å². The Kier molecular flexibility index (Phi) is 6.75. The highest BCUT2D eigenvalue weighted by Gasteiger charge is 2.31. The first-order valence-electron chi connectivity index (χ1n) is 8.77.